The van der Waals surface area contributed by atoms with Crippen LogP contribution >= 0.6 is 0 Å². The molecule has 0 saturated heterocycles. The van der Waals surface area contributed by atoms with Gasteiger partial charge in [-0.2, -0.15) is 10.1 Å². The van der Waals surface area contributed by atoms with Crippen molar-refractivity contribution in [1.82, 2.24) is 20.2 Å². The van der Waals surface area contributed by atoms with Crippen LogP contribution in [0.25, 0.3) is 10.9 Å². The van der Waals surface area contributed by atoms with Gasteiger partial charge in [0, 0.05) is 43.9 Å². The number of para-hydroxylation sites is 1. The Hall–Kier alpha value is -2.67. The molecule has 3 rings (SSSR count). The maximum absolute atomic E-state index is 5.01. The van der Waals surface area contributed by atoms with Crippen molar-refractivity contribution in [3.63, 3.8) is 0 Å². The number of hydrogen-bond donors (Lipinski definition) is 3. The second-order valence-corrected chi connectivity index (χ2v) is 5.47. The molecule has 3 N–H and O–H groups in total. The van der Waals surface area contributed by atoms with E-state index >= 15 is 0 Å². The zero-order valence-corrected chi connectivity index (χ0v) is 13.7. The Balaban J connectivity index is 1.51. The Labute approximate surface area is 140 Å². The third-order valence-electron chi connectivity index (χ3n) is 3.74. The number of fused-ring (bicyclic) bond motifs is 1. The quantitative estimate of drug-likeness (QED) is 0.524. The lowest BCUT2D eigenvalue weighted by molar-refractivity contribution is 0.197. The van der Waals surface area contributed by atoms with Gasteiger partial charge in [-0.25, -0.2) is 0 Å². The van der Waals surface area contributed by atoms with Gasteiger partial charge in [-0.15, -0.1) is 5.10 Å². The number of methoxy groups -OCH3 is 1. The normalized spacial score (nSPS) is 10.9. The third-order valence-corrected chi connectivity index (χ3v) is 3.74. The second-order valence-electron chi connectivity index (χ2n) is 5.47. The van der Waals surface area contributed by atoms with Gasteiger partial charge in [-0.05, 0) is 24.5 Å². The lowest BCUT2D eigenvalue weighted by Gasteiger charge is -2.07. The first-order valence-corrected chi connectivity index (χ1v) is 8.08. The minimum atomic E-state index is 0.531. The van der Waals surface area contributed by atoms with E-state index in [1.54, 1.807) is 13.3 Å². The van der Waals surface area contributed by atoms with Crippen LogP contribution in [0.4, 0.5) is 11.8 Å². The van der Waals surface area contributed by atoms with Gasteiger partial charge in [0.25, 0.3) is 0 Å². The average molecular weight is 326 g/mol. The van der Waals surface area contributed by atoms with Crippen molar-refractivity contribution in [2.45, 2.75) is 12.8 Å². The number of H-pyrrole nitrogens is 1. The van der Waals surface area contributed by atoms with Gasteiger partial charge in [0.1, 0.15) is 0 Å². The van der Waals surface area contributed by atoms with E-state index in [9.17, 15) is 0 Å². The van der Waals surface area contributed by atoms with Gasteiger partial charge in [-0.1, -0.05) is 18.2 Å². The van der Waals surface area contributed by atoms with Crippen molar-refractivity contribution in [2.75, 3.05) is 37.4 Å². The molecular weight excluding hydrogens is 304 g/mol. The van der Waals surface area contributed by atoms with Gasteiger partial charge in [-0.3, -0.25) is 0 Å². The lowest BCUT2D eigenvalue weighted by atomic mass is 10.1. The summed E-state index contributed by atoms with van der Waals surface area (Å²) in [5, 5.41) is 15.7. The van der Waals surface area contributed by atoms with Crippen LogP contribution in [-0.2, 0) is 11.2 Å². The molecule has 0 atom stereocenters. The SMILES string of the molecule is COCCCNc1nncc(NCCc2c[nH]c3ccccc23)n1. The van der Waals surface area contributed by atoms with E-state index < -0.39 is 0 Å². The number of nitrogens with zero attached hydrogens (tertiary/aromatic N) is 3. The molecule has 3 aromatic rings. The molecule has 0 spiro atoms. The molecule has 7 nitrogen and oxygen atoms in total. The predicted molar refractivity (Wildman–Crippen MR) is 95.3 cm³/mol. The zero-order chi connectivity index (χ0) is 16.6. The van der Waals surface area contributed by atoms with Crippen LogP contribution in [0.1, 0.15) is 12.0 Å². The molecule has 0 radical (unpaired) electrons. The highest BCUT2D eigenvalue weighted by molar-refractivity contribution is 5.83. The molecule has 2 heterocycles. The molecule has 0 amide bonds. The summed E-state index contributed by atoms with van der Waals surface area (Å²) in [5.74, 6) is 1.25. The fourth-order valence-electron chi connectivity index (χ4n) is 2.54. The summed E-state index contributed by atoms with van der Waals surface area (Å²) in [4.78, 5) is 7.70. The fraction of sp³-hybridized carbons (Fsp3) is 0.353. The first-order chi connectivity index (χ1) is 11.9. The van der Waals surface area contributed by atoms with Crippen LogP contribution in [0.3, 0.4) is 0 Å². The van der Waals surface area contributed by atoms with Crippen LogP contribution in [0.2, 0.25) is 0 Å². The lowest BCUT2D eigenvalue weighted by Crippen LogP contribution is -2.11. The van der Waals surface area contributed by atoms with Crippen molar-refractivity contribution in [3.05, 3.63) is 42.2 Å². The first kappa shape index (κ1) is 16.2. The van der Waals surface area contributed by atoms with Crippen LogP contribution in [0.15, 0.2) is 36.7 Å². The van der Waals surface area contributed by atoms with E-state index in [0.29, 0.717) is 12.6 Å². The fourth-order valence-corrected chi connectivity index (χ4v) is 2.54. The van der Waals surface area contributed by atoms with Gasteiger partial charge in [0.2, 0.25) is 5.95 Å². The standard InChI is InChI=1S/C17H22N6O/c1-24-10-4-8-19-17-22-16(12-21-23-17)18-9-7-13-11-20-15-6-3-2-5-14(13)15/h2-3,5-6,11-12,20H,4,7-10H2,1H3,(H2,18,19,22,23). The van der Waals surface area contributed by atoms with Crippen LogP contribution in [-0.4, -0.2) is 47.0 Å². The topological polar surface area (TPSA) is 87.8 Å². The van der Waals surface area contributed by atoms with Crippen LogP contribution < -0.4 is 10.6 Å². The molecule has 0 bridgehead atoms. The molecule has 0 saturated carbocycles. The van der Waals surface area contributed by atoms with Gasteiger partial charge in [0.15, 0.2) is 5.82 Å². The minimum absolute atomic E-state index is 0.531. The maximum Gasteiger partial charge on any atom is 0.244 e. The van der Waals surface area contributed by atoms with Crippen molar-refractivity contribution in [3.8, 4) is 0 Å². The Kier molecular flexibility index (Phi) is 5.57. The number of nitrogens with one attached hydrogen (secondary N) is 3. The van der Waals surface area contributed by atoms with Gasteiger partial charge >= 0.3 is 0 Å². The first-order valence-electron chi connectivity index (χ1n) is 8.08. The minimum Gasteiger partial charge on any atom is -0.385 e. The molecule has 7 heteroatoms. The summed E-state index contributed by atoms with van der Waals surface area (Å²) >= 11 is 0. The largest absolute Gasteiger partial charge is 0.385 e. The number of aromatic nitrogens is 4. The number of anilines is 2. The van der Waals surface area contributed by atoms with E-state index in [0.717, 1.165) is 31.7 Å². The van der Waals surface area contributed by atoms with Gasteiger partial charge in [0.05, 0.1) is 6.20 Å². The van der Waals surface area contributed by atoms with Gasteiger partial charge < -0.3 is 20.4 Å². The molecule has 0 fully saturated rings. The van der Waals surface area contributed by atoms with E-state index in [-0.39, 0.29) is 0 Å². The number of rotatable bonds is 9. The summed E-state index contributed by atoms with van der Waals surface area (Å²) in [6.45, 7) is 2.25. The van der Waals surface area contributed by atoms with Crippen LogP contribution in [0, 0.1) is 0 Å². The van der Waals surface area contributed by atoms with E-state index in [1.165, 1.54) is 16.5 Å². The number of aromatic amines is 1. The molecule has 0 unspecified atom stereocenters. The molecular formula is C17H22N6O. The molecule has 2 aromatic heterocycles. The summed E-state index contributed by atoms with van der Waals surface area (Å²) in [6.07, 6.45) is 5.51. The summed E-state index contributed by atoms with van der Waals surface area (Å²) in [5.41, 5.74) is 2.46. The Morgan fingerprint density at radius 3 is 3.00 bits per heavy atom. The molecule has 0 aliphatic heterocycles. The Morgan fingerprint density at radius 1 is 1.17 bits per heavy atom. The molecule has 0 aliphatic rings. The van der Waals surface area contributed by atoms with E-state index in [2.05, 4.69) is 55.2 Å². The number of ether oxygens (including phenoxy) is 1. The van der Waals surface area contributed by atoms with E-state index in [4.69, 9.17) is 4.74 Å². The highest BCUT2D eigenvalue weighted by Crippen LogP contribution is 2.18. The van der Waals surface area contributed by atoms with Crippen molar-refractivity contribution >= 4 is 22.7 Å². The Bertz CT molecular complexity index is 772. The summed E-state index contributed by atoms with van der Waals surface area (Å²) in [7, 11) is 1.69. The van der Waals surface area contributed by atoms with E-state index in [1.807, 2.05) is 6.07 Å². The third kappa shape index (κ3) is 4.20. The summed E-state index contributed by atoms with van der Waals surface area (Å²) < 4.78 is 5.01. The summed E-state index contributed by atoms with van der Waals surface area (Å²) in [6, 6.07) is 8.31. The van der Waals surface area contributed by atoms with Crippen LogP contribution in [0.5, 0.6) is 0 Å². The second kappa shape index (κ2) is 8.26. The monoisotopic (exact) mass is 326 g/mol. The number of benzene rings is 1. The molecule has 0 aliphatic carbocycles. The maximum atomic E-state index is 5.01. The van der Waals surface area contributed by atoms with Crippen molar-refractivity contribution in [1.29, 1.82) is 0 Å². The molecule has 24 heavy (non-hydrogen) atoms. The highest BCUT2D eigenvalue weighted by atomic mass is 16.5. The zero-order valence-electron chi connectivity index (χ0n) is 13.7. The Morgan fingerprint density at radius 2 is 2.08 bits per heavy atom. The molecule has 1 aromatic carbocycles. The smallest absolute Gasteiger partial charge is 0.244 e. The molecule has 126 valence electrons. The number of hydrogen-bond acceptors (Lipinski definition) is 6. The highest BCUT2D eigenvalue weighted by Gasteiger charge is 2.04. The predicted octanol–water partition coefficient (Wildman–Crippen LogP) is 2.46. The van der Waals surface area contributed by atoms with Crippen molar-refractivity contribution < 1.29 is 4.74 Å². The van der Waals surface area contributed by atoms with Crippen molar-refractivity contribution in [2.24, 2.45) is 0 Å². The average Bonchev–Trinajstić information content (AvgIpc) is 3.03.